The molecule has 0 aliphatic rings. The van der Waals surface area contributed by atoms with E-state index in [1.165, 1.54) is 0 Å². The van der Waals surface area contributed by atoms with Crippen molar-refractivity contribution in [3.05, 3.63) is 128 Å². The molecule has 0 spiro atoms. The number of hydrogen-bond acceptors (Lipinski definition) is 3. The second-order valence-corrected chi connectivity index (χ2v) is 8.67. The molecule has 0 unspecified atom stereocenters. The van der Waals surface area contributed by atoms with E-state index in [2.05, 4.69) is 60.7 Å². The Morgan fingerprint density at radius 1 is 0.444 bits per heavy atom. The molecule has 0 amide bonds. The quantitative estimate of drug-likeness (QED) is 0.262. The van der Waals surface area contributed by atoms with E-state index in [0.29, 0.717) is 0 Å². The van der Waals surface area contributed by atoms with E-state index >= 15 is 0 Å². The van der Waals surface area contributed by atoms with E-state index in [-0.39, 0.29) is 0 Å². The van der Waals surface area contributed by atoms with Gasteiger partial charge in [-0.05, 0) is 24.3 Å². The van der Waals surface area contributed by atoms with Crippen LogP contribution in [0.5, 0.6) is 0 Å². The maximum absolute atomic E-state index is 4.96. The van der Waals surface area contributed by atoms with Crippen molar-refractivity contribution in [3.8, 4) is 33.9 Å². The summed E-state index contributed by atoms with van der Waals surface area (Å²) in [4.78, 5) is 4.84. The van der Waals surface area contributed by atoms with Crippen molar-refractivity contribution in [1.82, 2.24) is 24.5 Å². The SMILES string of the molecule is c1ccc(-c2ccn(-c3c4ccccc4c(-n4ccc(-c5ccccc5)n4)c4ncccc34)n2)cc1. The average Bonchev–Trinajstić information content (AvgIpc) is 3.63. The maximum Gasteiger partial charge on any atom is 0.0988 e. The largest absolute Gasteiger partial charge is 0.254 e. The lowest BCUT2D eigenvalue weighted by Crippen LogP contribution is -2.04. The van der Waals surface area contributed by atoms with Gasteiger partial charge in [-0.3, -0.25) is 4.98 Å². The molecule has 0 fully saturated rings. The molecule has 0 bridgehead atoms. The van der Waals surface area contributed by atoms with Gasteiger partial charge in [-0.25, -0.2) is 9.36 Å². The van der Waals surface area contributed by atoms with Crippen molar-refractivity contribution in [2.75, 3.05) is 0 Å². The lowest BCUT2D eigenvalue weighted by molar-refractivity contribution is 0.887. The third kappa shape index (κ3) is 3.29. The summed E-state index contributed by atoms with van der Waals surface area (Å²) in [6.45, 7) is 0. The normalized spacial score (nSPS) is 11.3. The lowest BCUT2D eigenvalue weighted by atomic mass is 10.0. The highest BCUT2D eigenvalue weighted by Crippen LogP contribution is 2.37. The van der Waals surface area contributed by atoms with Gasteiger partial charge >= 0.3 is 0 Å². The van der Waals surface area contributed by atoms with Gasteiger partial charge in [-0.2, -0.15) is 10.2 Å². The molecule has 36 heavy (non-hydrogen) atoms. The first-order chi connectivity index (χ1) is 17.9. The summed E-state index contributed by atoms with van der Waals surface area (Å²) in [6.07, 6.45) is 5.88. The molecular weight excluding hydrogens is 442 g/mol. The Morgan fingerprint density at radius 2 is 0.944 bits per heavy atom. The van der Waals surface area contributed by atoms with Gasteiger partial charge in [0.05, 0.1) is 28.3 Å². The van der Waals surface area contributed by atoms with Gasteiger partial charge in [0, 0.05) is 45.9 Å². The van der Waals surface area contributed by atoms with Crippen LogP contribution in [-0.4, -0.2) is 24.5 Å². The third-order valence-corrected chi connectivity index (χ3v) is 6.50. The van der Waals surface area contributed by atoms with Crippen molar-refractivity contribution in [1.29, 1.82) is 0 Å². The van der Waals surface area contributed by atoms with Crippen LogP contribution in [0.15, 0.2) is 128 Å². The Bertz CT molecular complexity index is 1640. The van der Waals surface area contributed by atoms with Crippen LogP contribution >= 0.6 is 0 Å². The fourth-order valence-electron chi connectivity index (χ4n) is 4.86. The highest BCUT2D eigenvalue weighted by atomic mass is 15.3. The third-order valence-electron chi connectivity index (χ3n) is 6.50. The van der Waals surface area contributed by atoms with E-state index in [0.717, 1.165) is 55.6 Å². The molecular formula is C31H21N5. The molecule has 0 saturated heterocycles. The molecule has 0 aliphatic carbocycles. The topological polar surface area (TPSA) is 48.5 Å². The van der Waals surface area contributed by atoms with E-state index in [4.69, 9.17) is 15.2 Å². The summed E-state index contributed by atoms with van der Waals surface area (Å²) < 4.78 is 3.92. The van der Waals surface area contributed by atoms with Crippen LogP contribution in [0.2, 0.25) is 0 Å². The first-order valence-electron chi connectivity index (χ1n) is 11.9. The second-order valence-electron chi connectivity index (χ2n) is 8.67. The van der Waals surface area contributed by atoms with E-state index in [9.17, 15) is 0 Å². The fourth-order valence-corrected chi connectivity index (χ4v) is 4.86. The van der Waals surface area contributed by atoms with Gasteiger partial charge in [-0.15, -0.1) is 0 Å². The van der Waals surface area contributed by atoms with Crippen LogP contribution in [0.1, 0.15) is 0 Å². The minimum absolute atomic E-state index is 0.880. The van der Waals surface area contributed by atoms with Crippen LogP contribution < -0.4 is 0 Å². The van der Waals surface area contributed by atoms with Crippen molar-refractivity contribution in [2.45, 2.75) is 0 Å². The number of hydrogen-bond donors (Lipinski definition) is 0. The first-order valence-corrected chi connectivity index (χ1v) is 11.9. The molecule has 7 rings (SSSR count). The highest BCUT2D eigenvalue weighted by Gasteiger charge is 2.19. The molecule has 5 heteroatoms. The summed E-state index contributed by atoms with van der Waals surface area (Å²) in [6, 6.07) is 37.1. The average molecular weight is 464 g/mol. The Balaban J connectivity index is 1.48. The number of benzene rings is 4. The van der Waals surface area contributed by atoms with Crippen LogP contribution in [0.3, 0.4) is 0 Å². The van der Waals surface area contributed by atoms with Crippen molar-refractivity contribution in [3.63, 3.8) is 0 Å². The van der Waals surface area contributed by atoms with Crippen LogP contribution in [0.25, 0.3) is 55.6 Å². The predicted octanol–water partition coefficient (Wildman–Crippen LogP) is 7.09. The number of fused-ring (bicyclic) bond motifs is 2. The summed E-state index contributed by atoms with van der Waals surface area (Å²) in [7, 11) is 0. The lowest BCUT2D eigenvalue weighted by Gasteiger charge is -2.16. The number of nitrogens with zero attached hydrogens (tertiary/aromatic N) is 5. The van der Waals surface area contributed by atoms with Gasteiger partial charge < -0.3 is 0 Å². The van der Waals surface area contributed by atoms with Crippen LogP contribution in [0.4, 0.5) is 0 Å². The minimum Gasteiger partial charge on any atom is -0.254 e. The molecule has 0 radical (unpaired) electrons. The number of rotatable bonds is 4. The predicted molar refractivity (Wildman–Crippen MR) is 144 cm³/mol. The highest BCUT2D eigenvalue weighted by molar-refractivity contribution is 6.12. The van der Waals surface area contributed by atoms with Crippen molar-refractivity contribution >= 4 is 21.7 Å². The van der Waals surface area contributed by atoms with Crippen LogP contribution in [0, 0.1) is 0 Å². The van der Waals surface area contributed by atoms with Gasteiger partial charge in [0.2, 0.25) is 0 Å². The van der Waals surface area contributed by atoms with Gasteiger partial charge in [0.1, 0.15) is 0 Å². The first kappa shape index (κ1) is 20.4. The molecule has 5 nitrogen and oxygen atoms in total. The zero-order chi connectivity index (χ0) is 23.9. The zero-order valence-corrected chi connectivity index (χ0v) is 19.4. The van der Waals surface area contributed by atoms with E-state index in [1.54, 1.807) is 0 Å². The summed E-state index contributed by atoms with van der Waals surface area (Å²) in [5, 5.41) is 13.1. The molecule has 0 N–H and O–H groups in total. The smallest absolute Gasteiger partial charge is 0.0988 e. The van der Waals surface area contributed by atoms with Gasteiger partial charge in [0.15, 0.2) is 0 Å². The Hall–Kier alpha value is -5.03. The molecule has 3 aromatic heterocycles. The summed E-state index contributed by atoms with van der Waals surface area (Å²) >= 11 is 0. The molecule has 7 aromatic rings. The standard InChI is InChI=1S/C31H21N5/c1-3-10-22(11-4-1)27-17-20-35(33-27)30-24-14-7-8-15-25(24)31(29-26(30)16-9-19-32-29)36-21-18-28(34-36)23-12-5-2-6-13-23/h1-21H. The molecule has 170 valence electrons. The minimum atomic E-state index is 0.880. The summed E-state index contributed by atoms with van der Waals surface area (Å²) in [5.74, 6) is 0. The molecule has 3 heterocycles. The van der Waals surface area contributed by atoms with Crippen molar-refractivity contribution < 1.29 is 0 Å². The number of pyridine rings is 1. The Morgan fingerprint density at radius 3 is 1.56 bits per heavy atom. The van der Waals surface area contributed by atoms with E-state index < -0.39 is 0 Å². The Kier molecular flexibility index (Phi) is 4.71. The van der Waals surface area contributed by atoms with Gasteiger partial charge in [-0.1, -0.05) is 84.9 Å². The maximum atomic E-state index is 4.96. The molecule has 0 atom stereocenters. The van der Waals surface area contributed by atoms with E-state index in [1.807, 2.05) is 76.5 Å². The Labute approximate surface area is 207 Å². The molecule has 0 saturated carbocycles. The van der Waals surface area contributed by atoms with Crippen LogP contribution in [-0.2, 0) is 0 Å². The number of aromatic nitrogens is 5. The molecule has 4 aromatic carbocycles. The van der Waals surface area contributed by atoms with Crippen molar-refractivity contribution in [2.24, 2.45) is 0 Å². The molecule has 0 aliphatic heterocycles. The monoisotopic (exact) mass is 463 g/mol. The zero-order valence-electron chi connectivity index (χ0n) is 19.4. The fraction of sp³-hybridized carbons (Fsp3) is 0. The second kappa shape index (κ2) is 8.32. The van der Waals surface area contributed by atoms with Gasteiger partial charge in [0.25, 0.3) is 0 Å². The summed E-state index contributed by atoms with van der Waals surface area (Å²) in [5.41, 5.74) is 6.88.